The molecule has 2 rings (SSSR count). The van der Waals surface area contributed by atoms with E-state index >= 15 is 0 Å². The van der Waals surface area contributed by atoms with Crippen LogP contribution in [0.3, 0.4) is 0 Å². The van der Waals surface area contributed by atoms with E-state index in [4.69, 9.17) is 0 Å². The van der Waals surface area contributed by atoms with Crippen molar-refractivity contribution in [1.29, 1.82) is 0 Å². The van der Waals surface area contributed by atoms with E-state index in [-0.39, 0.29) is 11.2 Å². The summed E-state index contributed by atoms with van der Waals surface area (Å²) in [6.07, 6.45) is 3.09. The molecule has 0 aliphatic rings. The minimum absolute atomic E-state index is 0.0165. The number of benzene rings is 1. The normalized spacial score (nSPS) is 10.1. The summed E-state index contributed by atoms with van der Waals surface area (Å²) in [4.78, 5) is 27.8. The van der Waals surface area contributed by atoms with Crippen LogP contribution in [-0.4, -0.2) is 14.9 Å². The molecule has 6 heteroatoms. The molecule has 0 saturated carbocycles. The number of hydrogen-bond donors (Lipinski definition) is 1. The molecule has 0 unspecified atom stereocenters. The van der Waals surface area contributed by atoms with Gasteiger partial charge in [-0.15, -0.1) is 0 Å². The first-order valence-corrected chi connectivity index (χ1v) is 4.92. The van der Waals surface area contributed by atoms with Crippen molar-refractivity contribution in [3.63, 3.8) is 0 Å². The molecule has 0 spiro atoms. The smallest absolute Gasteiger partial charge is 0.269 e. The second-order valence-corrected chi connectivity index (χ2v) is 3.51. The number of aromatic amines is 1. The Labute approximate surface area is 96.1 Å². The van der Waals surface area contributed by atoms with Gasteiger partial charge in [0.2, 0.25) is 0 Å². The van der Waals surface area contributed by atoms with Crippen LogP contribution in [0.2, 0.25) is 0 Å². The Bertz CT molecular complexity index is 607. The standard InChI is InChI=1S/C11H9N3O3/c15-11-9(6-12-7-13-11)4-8-2-1-3-10(5-8)14(16)17/h1-3,5-7H,4H2,(H,12,13,15). The maximum Gasteiger partial charge on any atom is 0.269 e. The zero-order valence-corrected chi connectivity index (χ0v) is 8.79. The van der Waals surface area contributed by atoms with Crippen molar-refractivity contribution in [1.82, 2.24) is 9.97 Å². The highest BCUT2D eigenvalue weighted by Crippen LogP contribution is 2.14. The molecule has 0 saturated heterocycles. The van der Waals surface area contributed by atoms with Crippen molar-refractivity contribution < 1.29 is 4.92 Å². The molecule has 1 aromatic carbocycles. The number of rotatable bonds is 3. The molecule has 1 N–H and O–H groups in total. The quantitative estimate of drug-likeness (QED) is 0.636. The zero-order valence-electron chi connectivity index (χ0n) is 8.79. The molecule has 0 amide bonds. The van der Waals surface area contributed by atoms with Gasteiger partial charge in [-0.05, 0) is 5.56 Å². The molecule has 0 aliphatic carbocycles. The number of hydrogen-bond acceptors (Lipinski definition) is 4. The Morgan fingerprint density at radius 3 is 2.94 bits per heavy atom. The molecule has 0 aliphatic heterocycles. The fourth-order valence-electron chi connectivity index (χ4n) is 1.50. The Kier molecular flexibility index (Phi) is 2.95. The second-order valence-electron chi connectivity index (χ2n) is 3.51. The lowest BCUT2D eigenvalue weighted by Gasteiger charge is -2.00. The van der Waals surface area contributed by atoms with Crippen LogP contribution in [0.15, 0.2) is 41.6 Å². The van der Waals surface area contributed by atoms with E-state index in [1.165, 1.54) is 24.7 Å². The van der Waals surface area contributed by atoms with Crippen LogP contribution in [-0.2, 0) is 6.42 Å². The maximum atomic E-state index is 11.4. The number of nitrogens with one attached hydrogen (secondary N) is 1. The second kappa shape index (κ2) is 4.56. The Morgan fingerprint density at radius 1 is 1.41 bits per heavy atom. The predicted octanol–water partition coefficient (Wildman–Crippen LogP) is 1.27. The van der Waals surface area contributed by atoms with Gasteiger partial charge in [0, 0.05) is 30.3 Å². The summed E-state index contributed by atoms with van der Waals surface area (Å²) < 4.78 is 0. The first kappa shape index (κ1) is 11.0. The molecule has 17 heavy (non-hydrogen) atoms. The van der Waals surface area contributed by atoms with Crippen LogP contribution in [0.4, 0.5) is 5.69 Å². The first-order valence-electron chi connectivity index (χ1n) is 4.92. The van der Waals surface area contributed by atoms with Gasteiger partial charge in [-0.2, -0.15) is 0 Å². The Morgan fingerprint density at radius 2 is 2.24 bits per heavy atom. The molecule has 1 aromatic heterocycles. The third-order valence-corrected chi connectivity index (χ3v) is 2.31. The summed E-state index contributed by atoms with van der Waals surface area (Å²) in [6.45, 7) is 0. The van der Waals surface area contributed by atoms with Gasteiger partial charge >= 0.3 is 0 Å². The third-order valence-electron chi connectivity index (χ3n) is 2.31. The highest BCUT2D eigenvalue weighted by molar-refractivity contribution is 5.36. The highest BCUT2D eigenvalue weighted by atomic mass is 16.6. The molecule has 0 fully saturated rings. The fourth-order valence-corrected chi connectivity index (χ4v) is 1.50. The first-order chi connectivity index (χ1) is 8.16. The van der Waals surface area contributed by atoms with E-state index in [9.17, 15) is 14.9 Å². The molecular formula is C11H9N3O3. The van der Waals surface area contributed by atoms with Crippen molar-refractivity contribution in [2.24, 2.45) is 0 Å². The van der Waals surface area contributed by atoms with Crippen molar-refractivity contribution in [3.8, 4) is 0 Å². The lowest BCUT2D eigenvalue weighted by Crippen LogP contribution is -2.12. The number of H-pyrrole nitrogens is 1. The van der Waals surface area contributed by atoms with Crippen LogP contribution >= 0.6 is 0 Å². The maximum absolute atomic E-state index is 11.4. The summed E-state index contributed by atoms with van der Waals surface area (Å²) in [5.74, 6) is 0. The number of non-ortho nitro benzene ring substituents is 1. The fraction of sp³-hybridized carbons (Fsp3) is 0.0909. The van der Waals surface area contributed by atoms with Gasteiger partial charge in [-0.25, -0.2) is 4.98 Å². The van der Waals surface area contributed by atoms with E-state index in [2.05, 4.69) is 9.97 Å². The van der Waals surface area contributed by atoms with E-state index in [1.807, 2.05) is 0 Å². The minimum Gasteiger partial charge on any atom is -0.313 e. The van der Waals surface area contributed by atoms with Crippen molar-refractivity contribution in [2.45, 2.75) is 6.42 Å². The summed E-state index contributed by atoms with van der Waals surface area (Å²) in [5, 5.41) is 10.6. The SMILES string of the molecule is O=c1[nH]cncc1Cc1cccc([N+](=O)[O-])c1. The summed E-state index contributed by atoms with van der Waals surface area (Å²) in [6, 6.07) is 6.20. The molecule has 0 atom stereocenters. The molecule has 2 aromatic rings. The van der Waals surface area contributed by atoms with E-state index in [1.54, 1.807) is 12.1 Å². The molecule has 6 nitrogen and oxygen atoms in total. The number of aromatic nitrogens is 2. The summed E-state index contributed by atoms with van der Waals surface area (Å²) in [7, 11) is 0. The van der Waals surface area contributed by atoms with Crippen molar-refractivity contribution in [2.75, 3.05) is 0 Å². The number of nitrogens with zero attached hydrogens (tertiary/aromatic N) is 2. The largest absolute Gasteiger partial charge is 0.313 e. The lowest BCUT2D eigenvalue weighted by atomic mass is 10.1. The Balaban J connectivity index is 2.31. The van der Waals surface area contributed by atoms with Gasteiger partial charge in [0.15, 0.2) is 0 Å². The van der Waals surface area contributed by atoms with Gasteiger partial charge < -0.3 is 4.98 Å². The molecule has 0 bridgehead atoms. The van der Waals surface area contributed by atoms with Gasteiger partial charge in [-0.3, -0.25) is 14.9 Å². The van der Waals surface area contributed by atoms with Crippen LogP contribution in [0, 0.1) is 10.1 Å². The predicted molar refractivity (Wildman–Crippen MR) is 60.8 cm³/mol. The lowest BCUT2D eigenvalue weighted by molar-refractivity contribution is -0.384. The average Bonchev–Trinajstić information content (AvgIpc) is 2.32. The highest BCUT2D eigenvalue weighted by Gasteiger charge is 2.07. The van der Waals surface area contributed by atoms with Crippen LogP contribution in [0.1, 0.15) is 11.1 Å². The van der Waals surface area contributed by atoms with Gasteiger partial charge in [0.05, 0.1) is 11.3 Å². The minimum atomic E-state index is -0.461. The van der Waals surface area contributed by atoms with Gasteiger partial charge in [-0.1, -0.05) is 12.1 Å². The monoisotopic (exact) mass is 231 g/mol. The molecule has 86 valence electrons. The topological polar surface area (TPSA) is 88.9 Å². The van der Waals surface area contributed by atoms with Crippen LogP contribution in [0.5, 0.6) is 0 Å². The average molecular weight is 231 g/mol. The third kappa shape index (κ3) is 2.54. The number of nitro groups is 1. The molecule has 0 radical (unpaired) electrons. The summed E-state index contributed by atoms with van der Waals surface area (Å²) in [5.41, 5.74) is 0.972. The van der Waals surface area contributed by atoms with E-state index < -0.39 is 4.92 Å². The van der Waals surface area contributed by atoms with Crippen LogP contribution < -0.4 is 5.56 Å². The Hall–Kier alpha value is -2.50. The zero-order chi connectivity index (χ0) is 12.3. The van der Waals surface area contributed by atoms with E-state index in [0.29, 0.717) is 17.5 Å². The van der Waals surface area contributed by atoms with Crippen molar-refractivity contribution >= 4 is 5.69 Å². The van der Waals surface area contributed by atoms with Gasteiger partial charge in [0.25, 0.3) is 11.2 Å². The molecule has 1 heterocycles. The van der Waals surface area contributed by atoms with Gasteiger partial charge in [0.1, 0.15) is 0 Å². The van der Waals surface area contributed by atoms with Crippen molar-refractivity contribution in [3.05, 3.63) is 68.4 Å². The van der Waals surface area contributed by atoms with Crippen LogP contribution in [0.25, 0.3) is 0 Å². The van der Waals surface area contributed by atoms with E-state index in [0.717, 1.165) is 0 Å². The molecular weight excluding hydrogens is 222 g/mol. The number of nitro benzene ring substituents is 1. The summed E-state index contributed by atoms with van der Waals surface area (Å²) >= 11 is 0.